The van der Waals surface area contributed by atoms with Gasteiger partial charge in [0.25, 0.3) is 0 Å². The fourth-order valence-electron chi connectivity index (χ4n) is 5.07. The second kappa shape index (κ2) is 10.4. The number of anilines is 1. The first-order valence-electron chi connectivity index (χ1n) is 12.1. The molecule has 1 aliphatic carbocycles. The maximum Gasteiger partial charge on any atom is 0.237 e. The van der Waals surface area contributed by atoms with Crippen molar-refractivity contribution in [1.82, 2.24) is 9.55 Å². The fourth-order valence-corrected chi connectivity index (χ4v) is 6.06. The number of thioether (sulfide) groups is 1. The number of aromatic nitrogens is 2. The molecule has 34 heavy (non-hydrogen) atoms. The number of amides is 1. The average Bonchev–Trinajstić information content (AvgIpc) is 3.42. The molecule has 1 atom stereocenters. The molecule has 0 saturated heterocycles. The summed E-state index contributed by atoms with van der Waals surface area (Å²) in [6, 6.07) is 16.3. The van der Waals surface area contributed by atoms with E-state index in [2.05, 4.69) is 29.7 Å². The molecule has 2 heterocycles. The van der Waals surface area contributed by atoms with Gasteiger partial charge in [-0.2, -0.15) is 0 Å². The number of rotatable bonds is 7. The first-order valence-corrected chi connectivity index (χ1v) is 13.5. The van der Waals surface area contributed by atoms with E-state index in [0.29, 0.717) is 5.75 Å². The van der Waals surface area contributed by atoms with Crippen molar-refractivity contribution in [3.8, 4) is 11.3 Å². The number of halogens is 1. The summed E-state index contributed by atoms with van der Waals surface area (Å²) in [5.41, 5.74) is 6.00. The largest absolute Gasteiger partial charge is 0.319 e. The van der Waals surface area contributed by atoms with Gasteiger partial charge in [0.15, 0.2) is 5.16 Å². The topological polar surface area (TPSA) is 38.1 Å². The van der Waals surface area contributed by atoms with Crippen molar-refractivity contribution >= 4 is 35.0 Å². The Balaban J connectivity index is 1.35. The SMILES string of the molecule is C[C@H]1Cc2ccccc2N1C(=O)CSc1ncc(-c2ccc(Cl)cc2)n1CCC1=CCCCC1. The quantitative estimate of drug-likeness (QED) is 0.260. The first kappa shape index (κ1) is 23.3. The summed E-state index contributed by atoms with van der Waals surface area (Å²) in [5, 5.41) is 1.62. The summed E-state index contributed by atoms with van der Waals surface area (Å²) < 4.78 is 2.28. The third kappa shape index (κ3) is 4.96. The van der Waals surface area contributed by atoms with E-state index in [4.69, 9.17) is 16.6 Å². The van der Waals surface area contributed by atoms with Gasteiger partial charge in [-0.15, -0.1) is 0 Å². The van der Waals surface area contributed by atoms with Gasteiger partial charge in [-0.25, -0.2) is 4.98 Å². The lowest BCUT2D eigenvalue weighted by Crippen LogP contribution is -2.37. The zero-order chi connectivity index (χ0) is 23.5. The van der Waals surface area contributed by atoms with Gasteiger partial charge in [0.1, 0.15) is 0 Å². The van der Waals surface area contributed by atoms with Crippen LogP contribution >= 0.6 is 23.4 Å². The molecule has 3 aromatic rings. The normalized spacial score (nSPS) is 17.5. The Morgan fingerprint density at radius 1 is 1.15 bits per heavy atom. The summed E-state index contributed by atoms with van der Waals surface area (Å²) in [7, 11) is 0. The van der Waals surface area contributed by atoms with Crippen molar-refractivity contribution in [3.63, 3.8) is 0 Å². The molecule has 0 radical (unpaired) electrons. The van der Waals surface area contributed by atoms with Crippen LogP contribution in [0.2, 0.25) is 5.02 Å². The highest BCUT2D eigenvalue weighted by atomic mass is 35.5. The van der Waals surface area contributed by atoms with E-state index in [1.54, 1.807) is 0 Å². The number of carbonyl (C=O) groups is 1. The van der Waals surface area contributed by atoms with E-state index in [1.165, 1.54) is 48.6 Å². The highest BCUT2D eigenvalue weighted by Gasteiger charge is 2.30. The maximum absolute atomic E-state index is 13.3. The molecule has 1 amide bonds. The number of benzene rings is 2. The number of para-hydroxylation sites is 1. The van der Waals surface area contributed by atoms with E-state index in [0.717, 1.165) is 46.5 Å². The average molecular weight is 492 g/mol. The molecule has 6 heteroatoms. The molecule has 4 nitrogen and oxygen atoms in total. The summed E-state index contributed by atoms with van der Waals surface area (Å²) in [5.74, 6) is 0.512. The van der Waals surface area contributed by atoms with Crippen LogP contribution in [-0.2, 0) is 17.8 Å². The maximum atomic E-state index is 13.3. The smallest absolute Gasteiger partial charge is 0.237 e. The molecule has 5 rings (SSSR count). The Hall–Kier alpha value is -2.50. The van der Waals surface area contributed by atoms with Crippen LogP contribution in [0.15, 0.2) is 71.5 Å². The molecule has 0 N–H and O–H groups in total. The lowest BCUT2D eigenvalue weighted by Gasteiger charge is -2.22. The number of imidazole rings is 1. The van der Waals surface area contributed by atoms with Gasteiger partial charge in [-0.05, 0) is 74.8 Å². The molecular weight excluding hydrogens is 462 g/mol. The van der Waals surface area contributed by atoms with Crippen molar-refractivity contribution in [1.29, 1.82) is 0 Å². The zero-order valence-corrected chi connectivity index (χ0v) is 21.1. The predicted molar refractivity (Wildman–Crippen MR) is 142 cm³/mol. The molecule has 0 saturated carbocycles. The molecule has 0 fully saturated rings. The second-order valence-electron chi connectivity index (χ2n) is 9.18. The van der Waals surface area contributed by atoms with Gasteiger partial charge in [0.2, 0.25) is 5.91 Å². The second-order valence-corrected chi connectivity index (χ2v) is 10.6. The minimum atomic E-state index is 0.139. The van der Waals surface area contributed by atoms with Crippen LogP contribution in [0, 0.1) is 0 Å². The highest BCUT2D eigenvalue weighted by Crippen LogP contribution is 2.34. The number of hydrogen-bond acceptors (Lipinski definition) is 3. The van der Waals surface area contributed by atoms with E-state index in [-0.39, 0.29) is 11.9 Å². The van der Waals surface area contributed by atoms with Crippen molar-refractivity contribution in [2.24, 2.45) is 0 Å². The molecule has 176 valence electrons. The summed E-state index contributed by atoms with van der Waals surface area (Å²) in [4.78, 5) is 20.0. The third-order valence-electron chi connectivity index (χ3n) is 6.80. The molecule has 0 bridgehead atoms. The zero-order valence-electron chi connectivity index (χ0n) is 19.5. The predicted octanol–water partition coefficient (Wildman–Crippen LogP) is 7.16. The van der Waals surface area contributed by atoms with Gasteiger partial charge in [-0.1, -0.05) is 65.3 Å². The van der Waals surface area contributed by atoms with Crippen LogP contribution in [0.25, 0.3) is 11.3 Å². The summed E-state index contributed by atoms with van der Waals surface area (Å²) in [6.07, 6.45) is 11.2. The number of allylic oxidation sites excluding steroid dienone is 2. The van der Waals surface area contributed by atoms with Crippen LogP contribution in [0.5, 0.6) is 0 Å². The van der Waals surface area contributed by atoms with Crippen LogP contribution in [0.3, 0.4) is 0 Å². The van der Waals surface area contributed by atoms with Crippen molar-refractivity contribution in [2.45, 2.75) is 63.2 Å². The van der Waals surface area contributed by atoms with Crippen LogP contribution in [0.4, 0.5) is 5.69 Å². The Bertz CT molecular complexity index is 1200. The Kier molecular flexibility index (Phi) is 7.12. The van der Waals surface area contributed by atoms with E-state index >= 15 is 0 Å². The van der Waals surface area contributed by atoms with Crippen LogP contribution in [-0.4, -0.2) is 27.3 Å². The highest BCUT2D eigenvalue weighted by molar-refractivity contribution is 7.99. The standard InChI is InChI=1S/C28H30ClN3OS/c1-20-17-23-9-5-6-10-25(23)32(20)27(33)19-34-28-30-18-26(22-11-13-24(29)14-12-22)31(28)16-15-21-7-3-2-4-8-21/h5-7,9-14,18,20H,2-4,8,15-17,19H2,1H3/t20-/m0/s1. The summed E-state index contributed by atoms with van der Waals surface area (Å²) in [6.45, 7) is 2.99. The van der Waals surface area contributed by atoms with Gasteiger partial charge in [0, 0.05) is 23.3 Å². The summed E-state index contributed by atoms with van der Waals surface area (Å²) >= 11 is 7.66. The van der Waals surface area contributed by atoms with Gasteiger partial charge < -0.3 is 9.47 Å². The van der Waals surface area contributed by atoms with Crippen LogP contribution < -0.4 is 4.90 Å². The number of carbonyl (C=O) groups excluding carboxylic acids is 1. The Morgan fingerprint density at radius 2 is 1.97 bits per heavy atom. The number of fused-ring (bicyclic) bond motifs is 1. The minimum absolute atomic E-state index is 0.139. The third-order valence-corrected chi connectivity index (χ3v) is 8.03. The monoisotopic (exact) mass is 491 g/mol. The van der Waals surface area contributed by atoms with Gasteiger partial charge in [0.05, 0.1) is 17.6 Å². The van der Waals surface area contributed by atoms with Gasteiger partial charge >= 0.3 is 0 Å². The van der Waals surface area contributed by atoms with E-state index in [9.17, 15) is 4.79 Å². The molecule has 2 aliphatic rings. The van der Waals surface area contributed by atoms with Crippen molar-refractivity contribution in [2.75, 3.05) is 10.7 Å². The molecule has 2 aromatic carbocycles. The fraction of sp³-hybridized carbons (Fsp3) is 0.357. The molecule has 0 spiro atoms. The van der Waals surface area contributed by atoms with Gasteiger partial charge in [-0.3, -0.25) is 4.79 Å². The molecule has 1 aromatic heterocycles. The molecule has 1 aliphatic heterocycles. The van der Waals surface area contributed by atoms with E-state index in [1.807, 2.05) is 47.5 Å². The lowest BCUT2D eigenvalue weighted by molar-refractivity contribution is -0.116. The molecular formula is C28H30ClN3OS. The minimum Gasteiger partial charge on any atom is -0.319 e. The van der Waals surface area contributed by atoms with Crippen molar-refractivity contribution < 1.29 is 4.79 Å². The Labute approximate surface area is 211 Å². The number of hydrogen-bond donors (Lipinski definition) is 0. The Morgan fingerprint density at radius 3 is 2.76 bits per heavy atom. The number of nitrogens with zero attached hydrogens (tertiary/aromatic N) is 3. The van der Waals surface area contributed by atoms with Crippen molar-refractivity contribution in [3.05, 3.63) is 77.0 Å². The molecule has 0 unspecified atom stereocenters. The van der Waals surface area contributed by atoms with Crippen LogP contribution in [0.1, 0.15) is 44.6 Å². The first-order chi connectivity index (χ1) is 16.6. The van der Waals surface area contributed by atoms with E-state index < -0.39 is 0 Å². The lowest BCUT2D eigenvalue weighted by atomic mass is 9.97.